The number of hydrogen-bond acceptors (Lipinski definition) is 2. The molecule has 3 rings (SSSR count). The number of aryl methyl sites for hydroxylation is 1. The molecule has 0 amide bonds. The maximum absolute atomic E-state index is 5.98. The van der Waals surface area contributed by atoms with Crippen LogP contribution in [0.3, 0.4) is 0 Å². The van der Waals surface area contributed by atoms with Gasteiger partial charge in [-0.2, -0.15) is 0 Å². The fourth-order valence-electron chi connectivity index (χ4n) is 2.63. The van der Waals surface area contributed by atoms with Gasteiger partial charge in [0.1, 0.15) is 12.4 Å². The van der Waals surface area contributed by atoms with Crippen LogP contribution in [0.1, 0.15) is 16.8 Å². The van der Waals surface area contributed by atoms with Crippen molar-refractivity contribution in [2.24, 2.45) is 5.73 Å². The number of aromatic nitrogens is 1. The van der Waals surface area contributed by atoms with Crippen LogP contribution in [0.2, 0.25) is 0 Å². The topological polar surface area (TPSA) is 51.0 Å². The normalized spacial score (nSPS) is 10.8. The van der Waals surface area contributed by atoms with Crippen molar-refractivity contribution in [1.82, 2.24) is 4.98 Å². The van der Waals surface area contributed by atoms with Crippen LogP contribution in [0, 0.1) is 6.92 Å². The number of ether oxygens (including phenoxy) is 1. The first-order chi connectivity index (χ1) is 10.6. The molecule has 3 nitrogen and oxygen atoms in total. The summed E-state index contributed by atoms with van der Waals surface area (Å²) in [6, 6.07) is 16.2. The molecular weight excluding hydrogens is 292 g/mol. The third-order valence-corrected chi connectivity index (χ3v) is 3.85. The molecule has 0 spiro atoms. The Morgan fingerprint density at radius 3 is 2.64 bits per heavy atom. The number of nitrogens with two attached hydrogens (primary N) is 1. The van der Waals surface area contributed by atoms with Gasteiger partial charge in [0, 0.05) is 17.5 Å². The largest absolute Gasteiger partial charge is 0.487 e. The van der Waals surface area contributed by atoms with Crippen LogP contribution < -0.4 is 10.5 Å². The van der Waals surface area contributed by atoms with E-state index in [4.69, 9.17) is 22.7 Å². The Balaban J connectivity index is 1.92. The Kier molecular flexibility index (Phi) is 4.11. The third kappa shape index (κ3) is 2.97. The molecule has 1 aromatic heterocycles. The summed E-state index contributed by atoms with van der Waals surface area (Å²) < 4.78 is 5.98. The molecule has 3 N–H and O–H groups in total. The van der Waals surface area contributed by atoms with E-state index in [0.717, 1.165) is 33.5 Å². The van der Waals surface area contributed by atoms with Gasteiger partial charge in [0.2, 0.25) is 0 Å². The third-order valence-electron chi connectivity index (χ3n) is 3.70. The zero-order valence-corrected chi connectivity index (χ0v) is 13.2. The van der Waals surface area contributed by atoms with Crippen LogP contribution in [0.25, 0.3) is 10.9 Å². The molecule has 0 bridgehead atoms. The highest BCUT2D eigenvalue weighted by Crippen LogP contribution is 2.30. The Hall–Kier alpha value is -2.33. The fourth-order valence-corrected chi connectivity index (χ4v) is 2.78. The second-order valence-corrected chi connectivity index (χ2v) is 5.85. The lowest BCUT2D eigenvalue weighted by Crippen LogP contribution is -2.11. The van der Waals surface area contributed by atoms with Crippen LogP contribution in [-0.2, 0) is 13.0 Å². The van der Waals surface area contributed by atoms with Crippen molar-refractivity contribution in [3.8, 4) is 5.75 Å². The number of benzene rings is 2. The predicted octanol–water partition coefficient (Wildman–Crippen LogP) is 3.88. The van der Waals surface area contributed by atoms with E-state index in [2.05, 4.69) is 23.2 Å². The van der Waals surface area contributed by atoms with E-state index in [0.29, 0.717) is 18.0 Å². The first kappa shape index (κ1) is 14.6. The SMILES string of the molecule is Cc1[nH]c2c(OCc3ccccc3)cccc2c1CC(N)=S. The van der Waals surface area contributed by atoms with Gasteiger partial charge in [-0.25, -0.2) is 0 Å². The van der Waals surface area contributed by atoms with Crippen molar-refractivity contribution >= 4 is 28.1 Å². The summed E-state index contributed by atoms with van der Waals surface area (Å²) in [5, 5.41) is 1.12. The summed E-state index contributed by atoms with van der Waals surface area (Å²) in [5.74, 6) is 0.846. The number of thiocarbonyl (C=S) groups is 1. The monoisotopic (exact) mass is 310 g/mol. The van der Waals surface area contributed by atoms with E-state index in [9.17, 15) is 0 Å². The van der Waals surface area contributed by atoms with E-state index in [1.165, 1.54) is 0 Å². The highest BCUT2D eigenvalue weighted by atomic mass is 32.1. The Labute approximate surface area is 135 Å². The molecule has 0 fully saturated rings. The molecule has 0 aliphatic carbocycles. The van der Waals surface area contributed by atoms with E-state index in [1.807, 2.05) is 37.3 Å². The maximum Gasteiger partial charge on any atom is 0.143 e. The van der Waals surface area contributed by atoms with Crippen molar-refractivity contribution in [2.45, 2.75) is 20.0 Å². The average molecular weight is 310 g/mol. The van der Waals surface area contributed by atoms with Gasteiger partial charge >= 0.3 is 0 Å². The molecule has 4 heteroatoms. The lowest BCUT2D eigenvalue weighted by Gasteiger charge is -2.07. The van der Waals surface area contributed by atoms with Gasteiger partial charge < -0.3 is 15.5 Å². The minimum Gasteiger partial charge on any atom is -0.487 e. The van der Waals surface area contributed by atoms with Gasteiger partial charge in [-0.1, -0.05) is 54.7 Å². The minimum atomic E-state index is 0.500. The highest BCUT2D eigenvalue weighted by Gasteiger charge is 2.12. The van der Waals surface area contributed by atoms with Gasteiger partial charge in [0.25, 0.3) is 0 Å². The van der Waals surface area contributed by atoms with Crippen LogP contribution in [-0.4, -0.2) is 9.97 Å². The number of aromatic amines is 1. The number of H-pyrrole nitrogens is 1. The molecule has 0 radical (unpaired) electrons. The Morgan fingerprint density at radius 1 is 1.14 bits per heavy atom. The minimum absolute atomic E-state index is 0.500. The predicted molar refractivity (Wildman–Crippen MR) is 94.3 cm³/mol. The standard InChI is InChI=1S/C18H18N2OS/c1-12-15(10-17(19)22)14-8-5-9-16(18(14)20-12)21-11-13-6-3-2-4-7-13/h2-9,20H,10-11H2,1H3,(H2,19,22). The molecule has 22 heavy (non-hydrogen) atoms. The second kappa shape index (κ2) is 6.20. The Morgan fingerprint density at radius 2 is 1.91 bits per heavy atom. The van der Waals surface area contributed by atoms with Gasteiger partial charge in [-0.05, 0) is 24.1 Å². The molecule has 2 aromatic carbocycles. The summed E-state index contributed by atoms with van der Waals surface area (Å²) in [5.41, 5.74) is 10.1. The molecule has 112 valence electrons. The van der Waals surface area contributed by atoms with E-state index in [1.54, 1.807) is 0 Å². The first-order valence-corrected chi connectivity index (χ1v) is 7.61. The molecule has 0 atom stereocenters. The van der Waals surface area contributed by atoms with Gasteiger partial charge in [-0.3, -0.25) is 0 Å². The summed E-state index contributed by atoms with van der Waals surface area (Å²) in [4.78, 5) is 3.90. The number of hydrogen-bond donors (Lipinski definition) is 2. The fraction of sp³-hybridized carbons (Fsp3) is 0.167. The van der Waals surface area contributed by atoms with Crippen molar-refractivity contribution in [3.63, 3.8) is 0 Å². The van der Waals surface area contributed by atoms with E-state index < -0.39 is 0 Å². The van der Waals surface area contributed by atoms with E-state index >= 15 is 0 Å². The highest BCUT2D eigenvalue weighted by molar-refractivity contribution is 7.80. The molecular formula is C18H18N2OS. The van der Waals surface area contributed by atoms with Crippen molar-refractivity contribution in [1.29, 1.82) is 0 Å². The lowest BCUT2D eigenvalue weighted by atomic mass is 10.1. The van der Waals surface area contributed by atoms with E-state index in [-0.39, 0.29) is 0 Å². The van der Waals surface area contributed by atoms with Crippen LogP contribution in [0.15, 0.2) is 48.5 Å². The number of nitrogens with one attached hydrogen (secondary N) is 1. The number of para-hydroxylation sites is 1. The maximum atomic E-state index is 5.98. The second-order valence-electron chi connectivity index (χ2n) is 5.32. The zero-order chi connectivity index (χ0) is 15.5. The summed E-state index contributed by atoms with van der Waals surface area (Å²) in [7, 11) is 0. The van der Waals surface area contributed by atoms with Gasteiger partial charge in [0.05, 0.1) is 10.5 Å². The first-order valence-electron chi connectivity index (χ1n) is 7.20. The van der Waals surface area contributed by atoms with Crippen LogP contribution >= 0.6 is 12.2 Å². The smallest absolute Gasteiger partial charge is 0.143 e. The number of rotatable bonds is 5. The number of fused-ring (bicyclic) bond motifs is 1. The van der Waals surface area contributed by atoms with Crippen molar-refractivity contribution in [2.75, 3.05) is 0 Å². The van der Waals surface area contributed by atoms with Crippen LogP contribution in [0.4, 0.5) is 0 Å². The van der Waals surface area contributed by atoms with Crippen molar-refractivity contribution in [3.05, 3.63) is 65.4 Å². The van der Waals surface area contributed by atoms with Crippen molar-refractivity contribution < 1.29 is 4.74 Å². The average Bonchev–Trinajstić information content (AvgIpc) is 2.82. The lowest BCUT2D eigenvalue weighted by molar-refractivity contribution is 0.309. The van der Waals surface area contributed by atoms with Crippen LogP contribution in [0.5, 0.6) is 5.75 Å². The Bertz CT molecular complexity index is 809. The zero-order valence-electron chi connectivity index (χ0n) is 12.4. The molecule has 0 aliphatic heterocycles. The molecule has 0 saturated heterocycles. The summed E-state index contributed by atoms with van der Waals surface area (Å²) in [6.45, 7) is 2.58. The molecule has 3 aromatic rings. The summed E-state index contributed by atoms with van der Waals surface area (Å²) >= 11 is 5.05. The van der Waals surface area contributed by atoms with Gasteiger partial charge in [-0.15, -0.1) is 0 Å². The van der Waals surface area contributed by atoms with Gasteiger partial charge in [0.15, 0.2) is 0 Å². The quantitative estimate of drug-likeness (QED) is 0.703. The molecule has 1 heterocycles. The summed E-state index contributed by atoms with van der Waals surface area (Å²) in [6.07, 6.45) is 0.601. The molecule has 0 saturated carbocycles. The molecule has 0 aliphatic rings. The molecule has 0 unspecified atom stereocenters.